The maximum Gasteiger partial charge on any atom is 0.319 e. The Bertz CT molecular complexity index is 618. The molecule has 0 atom stereocenters. The van der Waals surface area contributed by atoms with Crippen LogP contribution in [0, 0.1) is 6.92 Å². The average molecular weight is 303 g/mol. The lowest BCUT2D eigenvalue weighted by Gasteiger charge is -2.27. The minimum Gasteiger partial charge on any atom is -0.329 e. The summed E-state index contributed by atoms with van der Waals surface area (Å²) < 4.78 is 0. The van der Waals surface area contributed by atoms with Crippen LogP contribution in [-0.2, 0) is 5.54 Å². The summed E-state index contributed by atoms with van der Waals surface area (Å²) in [5, 5.41) is 6.47. The third-order valence-corrected chi connectivity index (χ3v) is 3.55. The first-order chi connectivity index (χ1) is 9.87. The first-order valence-corrected chi connectivity index (χ1v) is 7.16. The first-order valence-electron chi connectivity index (χ1n) is 6.79. The SMILES string of the molecule is Cc1ccc(NC(=O)NC(C)(C)c2ccc(Cl)cc2)cc1. The van der Waals surface area contributed by atoms with E-state index in [4.69, 9.17) is 11.6 Å². The van der Waals surface area contributed by atoms with Crippen LogP contribution >= 0.6 is 11.6 Å². The van der Waals surface area contributed by atoms with Crippen LogP contribution in [0.2, 0.25) is 5.02 Å². The van der Waals surface area contributed by atoms with Crippen molar-refractivity contribution in [3.05, 3.63) is 64.7 Å². The predicted molar refractivity (Wildman–Crippen MR) is 87.8 cm³/mol. The lowest BCUT2D eigenvalue weighted by Crippen LogP contribution is -2.43. The molecule has 2 N–H and O–H groups in total. The Labute approximate surface area is 130 Å². The third-order valence-electron chi connectivity index (χ3n) is 3.30. The molecule has 0 radical (unpaired) electrons. The molecule has 0 saturated heterocycles. The van der Waals surface area contributed by atoms with E-state index in [0.29, 0.717) is 5.02 Å². The number of benzene rings is 2. The summed E-state index contributed by atoms with van der Waals surface area (Å²) in [6.07, 6.45) is 0. The summed E-state index contributed by atoms with van der Waals surface area (Å²) in [5.74, 6) is 0. The van der Waals surface area contributed by atoms with Crippen LogP contribution in [0.5, 0.6) is 0 Å². The van der Waals surface area contributed by atoms with Crippen LogP contribution in [0.4, 0.5) is 10.5 Å². The number of amides is 2. The fraction of sp³-hybridized carbons (Fsp3) is 0.235. The van der Waals surface area contributed by atoms with Gasteiger partial charge >= 0.3 is 6.03 Å². The number of hydrogen-bond donors (Lipinski definition) is 2. The molecule has 21 heavy (non-hydrogen) atoms. The van der Waals surface area contributed by atoms with Crippen molar-refractivity contribution in [2.45, 2.75) is 26.3 Å². The van der Waals surface area contributed by atoms with Crippen molar-refractivity contribution in [1.29, 1.82) is 0 Å². The number of nitrogens with one attached hydrogen (secondary N) is 2. The Hall–Kier alpha value is -2.00. The van der Waals surface area contributed by atoms with Crippen molar-refractivity contribution in [2.75, 3.05) is 5.32 Å². The monoisotopic (exact) mass is 302 g/mol. The molecule has 4 heteroatoms. The van der Waals surface area contributed by atoms with E-state index in [0.717, 1.165) is 16.8 Å². The maximum absolute atomic E-state index is 12.1. The summed E-state index contributed by atoms with van der Waals surface area (Å²) >= 11 is 5.89. The van der Waals surface area contributed by atoms with E-state index in [1.165, 1.54) is 0 Å². The summed E-state index contributed by atoms with van der Waals surface area (Å²) in [7, 11) is 0. The standard InChI is InChI=1S/C17H19ClN2O/c1-12-4-10-15(11-5-12)19-16(21)20-17(2,3)13-6-8-14(18)9-7-13/h4-11H,1-3H3,(H2,19,20,21). The Morgan fingerprint density at radius 1 is 1.00 bits per heavy atom. The van der Waals surface area contributed by atoms with Gasteiger partial charge in [-0.2, -0.15) is 0 Å². The molecule has 0 unspecified atom stereocenters. The first kappa shape index (κ1) is 15.4. The Morgan fingerprint density at radius 2 is 1.57 bits per heavy atom. The summed E-state index contributed by atoms with van der Waals surface area (Å²) in [6.45, 7) is 5.91. The van der Waals surface area contributed by atoms with Gasteiger partial charge in [0.15, 0.2) is 0 Å². The topological polar surface area (TPSA) is 41.1 Å². The zero-order chi connectivity index (χ0) is 15.5. The van der Waals surface area contributed by atoms with E-state index < -0.39 is 5.54 Å². The predicted octanol–water partition coefficient (Wildman–Crippen LogP) is 4.71. The van der Waals surface area contributed by atoms with Gasteiger partial charge in [0, 0.05) is 10.7 Å². The van der Waals surface area contributed by atoms with Crippen LogP contribution in [0.15, 0.2) is 48.5 Å². The van der Waals surface area contributed by atoms with Crippen LogP contribution < -0.4 is 10.6 Å². The number of halogens is 1. The number of urea groups is 1. The number of hydrogen-bond acceptors (Lipinski definition) is 1. The summed E-state index contributed by atoms with van der Waals surface area (Å²) in [4.78, 5) is 12.1. The van der Waals surface area contributed by atoms with Crippen LogP contribution in [-0.4, -0.2) is 6.03 Å². The van der Waals surface area contributed by atoms with Gasteiger partial charge in [0.1, 0.15) is 0 Å². The van der Waals surface area contributed by atoms with Crippen LogP contribution in [0.3, 0.4) is 0 Å². The van der Waals surface area contributed by atoms with E-state index >= 15 is 0 Å². The van der Waals surface area contributed by atoms with Gasteiger partial charge in [-0.3, -0.25) is 0 Å². The number of carbonyl (C=O) groups is 1. The molecule has 2 rings (SSSR count). The fourth-order valence-corrected chi connectivity index (χ4v) is 2.15. The number of rotatable bonds is 3. The molecule has 2 amide bonds. The van der Waals surface area contributed by atoms with Gasteiger partial charge in [0.2, 0.25) is 0 Å². The van der Waals surface area contributed by atoms with Crippen molar-refractivity contribution in [3.63, 3.8) is 0 Å². The van der Waals surface area contributed by atoms with E-state index in [1.54, 1.807) is 0 Å². The van der Waals surface area contributed by atoms with Gasteiger partial charge in [-0.25, -0.2) is 4.79 Å². The average Bonchev–Trinajstić information content (AvgIpc) is 2.41. The molecule has 0 heterocycles. The third kappa shape index (κ3) is 4.23. The highest BCUT2D eigenvalue weighted by atomic mass is 35.5. The van der Waals surface area contributed by atoms with E-state index in [1.807, 2.05) is 69.3 Å². The summed E-state index contributed by atoms with van der Waals surface area (Å²) in [6, 6.07) is 14.9. The zero-order valence-electron chi connectivity index (χ0n) is 12.4. The molecule has 0 aliphatic heterocycles. The van der Waals surface area contributed by atoms with Gasteiger partial charge in [-0.15, -0.1) is 0 Å². The minimum absolute atomic E-state index is 0.237. The molecule has 0 aromatic heterocycles. The van der Waals surface area contributed by atoms with Gasteiger partial charge < -0.3 is 10.6 Å². The number of aryl methyl sites for hydroxylation is 1. The smallest absolute Gasteiger partial charge is 0.319 e. The maximum atomic E-state index is 12.1. The zero-order valence-corrected chi connectivity index (χ0v) is 13.2. The van der Waals surface area contributed by atoms with Gasteiger partial charge in [-0.1, -0.05) is 41.4 Å². The summed E-state index contributed by atoms with van der Waals surface area (Å²) in [5.41, 5.74) is 2.43. The van der Waals surface area contributed by atoms with Crippen molar-refractivity contribution in [3.8, 4) is 0 Å². The molecular weight excluding hydrogens is 284 g/mol. The number of carbonyl (C=O) groups excluding carboxylic acids is 1. The largest absolute Gasteiger partial charge is 0.329 e. The van der Waals surface area contributed by atoms with E-state index in [-0.39, 0.29) is 6.03 Å². The van der Waals surface area contributed by atoms with Crippen molar-refractivity contribution >= 4 is 23.3 Å². The van der Waals surface area contributed by atoms with E-state index in [9.17, 15) is 4.79 Å². The van der Waals surface area contributed by atoms with Crippen LogP contribution in [0.1, 0.15) is 25.0 Å². The van der Waals surface area contributed by atoms with Crippen molar-refractivity contribution in [1.82, 2.24) is 5.32 Å². The van der Waals surface area contributed by atoms with E-state index in [2.05, 4.69) is 10.6 Å². The molecule has 0 fully saturated rings. The molecule has 0 aliphatic carbocycles. The molecule has 0 spiro atoms. The van der Waals surface area contributed by atoms with Gasteiger partial charge in [-0.05, 0) is 50.6 Å². The molecule has 110 valence electrons. The second kappa shape index (κ2) is 6.19. The highest BCUT2D eigenvalue weighted by Gasteiger charge is 2.22. The van der Waals surface area contributed by atoms with Crippen LogP contribution in [0.25, 0.3) is 0 Å². The Kier molecular flexibility index (Phi) is 4.53. The second-order valence-corrected chi connectivity index (χ2v) is 6.01. The minimum atomic E-state index is -0.487. The normalized spacial score (nSPS) is 11.0. The second-order valence-electron chi connectivity index (χ2n) is 5.58. The molecule has 2 aromatic rings. The lowest BCUT2D eigenvalue weighted by molar-refractivity contribution is 0.242. The molecular formula is C17H19ClN2O. The Balaban J connectivity index is 2.03. The fourth-order valence-electron chi connectivity index (χ4n) is 2.02. The lowest BCUT2D eigenvalue weighted by atomic mass is 9.94. The quantitative estimate of drug-likeness (QED) is 0.847. The molecule has 0 saturated carbocycles. The van der Waals surface area contributed by atoms with Crippen molar-refractivity contribution in [2.24, 2.45) is 0 Å². The molecule has 2 aromatic carbocycles. The highest BCUT2D eigenvalue weighted by Crippen LogP contribution is 2.22. The number of anilines is 1. The Morgan fingerprint density at radius 3 is 2.14 bits per heavy atom. The van der Waals surface area contributed by atoms with Gasteiger partial charge in [0.05, 0.1) is 5.54 Å². The molecule has 0 bridgehead atoms. The highest BCUT2D eigenvalue weighted by molar-refractivity contribution is 6.30. The van der Waals surface area contributed by atoms with Crippen molar-refractivity contribution < 1.29 is 4.79 Å². The molecule has 0 aliphatic rings. The van der Waals surface area contributed by atoms with Gasteiger partial charge in [0.25, 0.3) is 0 Å². The molecule has 3 nitrogen and oxygen atoms in total.